The standard InChI is InChI=1S/C65H51N/c1-44-22-13-14-29-50(44)56-42-46(45-23-7-4-8-24-45)38-41-62(56)66(61-37-20-17-31-53(61)54-33-21-36-59-63(54)55-32-16-18-34-57(55)64(59,2)3)49-39-40-52-51-30-15-19-35-58(51)65(60(52)43-49,47-25-9-5-10-26-47)48-27-11-6-12-28-48/h4-44,50H,1-3H3. The van der Waals surface area contributed by atoms with Crippen molar-refractivity contribution in [1.82, 2.24) is 0 Å². The Balaban J connectivity index is 1.17. The van der Waals surface area contributed by atoms with Gasteiger partial charge in [0.25, 0.3) is 0 Å². The highest BCUT2D eigenvalue weighted by molar-refractivity contribution is 5.99. The number of hydrogen-bond donors (Lipinski definition) is 0. The number of rotatable bonds is 8. The average Bonchev–Trinajstić information content (AvgIpc) is 3.80. The molecule has 316 valence electrons. The molecule has 0 saturated heterocycles. The normalized spacial score (nSPS) is 16.8. The summed E-state index contributed by atoms with van der Waals surface area (Å²) >= 11 is 0. The number of allylic oxidation sites excluding steroid dienone is 4. The smallest absolute Gasteiger partial charge is 0.0714 e. The first-order valence-corrected chi connectivity index (χ1v) is 23.5. The number of benzene rings is 9. The van der Waals surface area contributed by atoms with Crippen LogP contribution in [0.25, 0.3) is 44.5 Å². The van der Waals surface area contributed by atoms with E-state index >= 15 is 0 Å². The van der Waals surface area contributed by atoms with Gasteiger partial charge in [-0.15, -0.1) is 0 Å². The molecule has 9 aromatic carbocycles. The third-order valence-electron chi connectivity index (χ3n) is 14.9. The van der Waals surface area contributed by atoms with Gasteiger partial charge in [-0.1, -0.05) is 233 Å². The molecule has 0 saturated carbocycles. The van der Waals surface area contributed by atoms with Gasteiger partial charge in [-0.25, -0.2) is 0 Å². The Morgan fingerprint density at radius 2 is 0.970 bits per heavy atom. The Kier molecular flexibility index (Phi) is 9.50. The van der Waals surface area contributed by atoms with E-state index in [1.165, 1.54) is 89.1 Å². The molecule has 66 heavy (non-hydrogen) atoms. The van der Waals surface area contributed by atoms with Crippen molar-refractivity contribution in [2.45, 2.75) is 37.5 Å². The summed E-state index contributed by atoms with van der Waals surface area (Å²) in [5, 5.41) is 0. The number of hydrogen-bond acceptors (Lipinski definition) is 1. The van der Waals surface area contributed by atoms with Gasteiger partial charge in [-0.2, -0.15) is 0 Å². The van der Waals surface area contributed by atoms with Crippen LogP contribution < -0.4 is 4.90 Å². The molecule has 2 unspecified atom stereocenters. The van der Waals surface area contributed by atoms with Crippen LogP contribution >= 0.6 is 0 Å². The van der Waals surface area contributed by atoms with Crippen LogP contribution in [0.3, 0.4) is 0 Å². The van der Waals surface area contributed by atoms with Crippen LogP contribution in [0.5, 0.6) is 0 Å². The van der Waals surface area contributed by atoms with Crippen molar-refractivity contribution in [3.8, 4) is 44.5 Å². The summed E-state index contributed by atoms with van der Waals surface area (Å²) in [4.78, 5) is 2.59. The Morgan fingerprint density at radius 3 is 1.70 bits per heavy atom. The van der Waals surface area contributed by atoms with Crippen molar-refractivity contribution in [1.29, 1.82) is 0 Å². The van der Waals surface area contributed by atoms with Crippen LogP contribution in [0.2, 0.25) is 0 Å². The van der Waals surface area contributed by atoms with Crippen LogP contribution in [-0.4, -0.2) is 0 Å². The molecular weight excluding hydrogens is 795 g/mol. The fourth-order valence-electron chi connectivity index (χ4n) is 11.8. The average molecular weight is 846 g/mol. The molecule has 1 nitrogen and oxygen atoms in total. The maximum absolute atomic E-state index is 2.59. The maximum Gasteiger partial charge on any atom is 0.0714 e. The zero-order valence-electron chi connectivity index (χ0n) is 37.7. The van der Waals surface area contributed by atoms with Gasteiger partial charge >= 0.3 is 0 Å². The topological polar surface area (TPSA) is 3.24 Å². The van der Waals surface area contributed by atoms with E-state index in [4.69, 9.17) is 0 Å². The predicted octanol–water partition coefficient (Wildman–Crippen LogP) is 17.0. The summed E-state index contributed by atoms with van der Waals surface area (Å²) in [6.07, 6.45) is 9.19. The number of nitrogens with zero attached hydrogens (tertiary/aromatic N) is 1. The fourth-order valence-corrected chi connectivity index (χ4v) is 11.8. The largest absolute Gasteiger partial charge is 0.310 e. The second-order valence-corrected chi connectivity index (χ2v) is 18.8. The Labute approximate surface area is 389 Å². The molecule has 0 aliphatic heterocycles. The summed E-state index contributed by atoms with van der Waals surface area (Å²) in [5.74, 6) is 0.453. The van der Waals surface area contributed by atoms with E-state index in [2.05, 4.69) is 268 Å². The quantitative estimate of drug-likeness (QED) is 0.147. The monoisotopic (exact) mass is 845 g/mol. The van der Waals surface area contributed by atoms with Gasteiger partial charge in [0.2, 0.25) is 0 Å². The molecule has 0 fully saturated rings. The van der Waals surface area contributed by atoms with Gasteiger partial charge in [0.05, 0.1) is 16.8 Å². The molecule has 12 rings (SSSR count). The minimum absolute atomic E-state index is 0.124. The number of fused-ring (bicyclic) bond motifs is 6. The molecule has 0 heterocycles. The van der Waals surface area contributed by atoms with E-state index in [0.717, 1.165) is 11.4 Å². The Hall–Kier alpha value is -7.74. The van der Waals surface area contributed by atoms with Crippen molar-refractivity contribution in [3.05, 3.63) is 282 Å². The first kappa shape index (κ1) is 39.8. The van der Waals surface area contributed by atoms with E-state index in [1.54, 1.807) is 0 Å². The first-order chi connectivity index (χ1) is 32.4. The zero-order chi connectivity index (χ0) is 44.4. The molecule has 1 heteroatoms. The molecule has 2 atom stereocenters. The summed E-state index contributed by atoms with van der Waals surface area (Å²) in [6.45, 7) is 7.11. The van der Waals surface area contributed by atoms with Gasteiger partial charge < -0.3 is 4.90 Å². The number of para-hydroxylation sites is 1. The third kappa shape index (κ3) is 6.07. The summed E-state index contributed by atoms with van der Waals surface area (Å²) in [7, 11) is 0. The van der Waals surface area contributed by atoms with Crippen molar-refractivity contribution in [3.63, 3.8) is 0 Å². The van der Waals surface area contributed by atoms with Crippen molar-refractivity contribution >= 4 is 17.1 Å². The van der Waals surface area contributed by atoms with Gasteiger partial charge in [0.1, 0.15) is 0 Å². The highest BCUT2D eigenvalue weighted by Crippen LogP contribution is 2.59. The van der Waals surface area contributed by atoms with Gasteiger partial charge in [-0.05, 0) is 114 Å². The first-order valence-electron chi connectivity index (χ1n) is 23.5. The lowest BCUT2D eigenvalue weighted by molar-refractivity contribution is 0.636. The molecular formula is C65H51N. The summed E-state index contributed by atoms with van der Waals surface area (Å²) in [6, 6.07) is 81.8. The number of anilines is 3. The van der Waals surface area contributed by atoms with Crippen LogP contribution in [0.4, 0.5) is 17.1 Å². The molecule has 0 amide bonds. The summed E-state index contributed by atoms with van der Waals surface area (Å²) in [5.41, 5.74) is 22.0. The van der Waals surface area contributed by atoms with Crippen LogP contribution in [-0.2, 0) is 10.8 Å². The van der Waals surface area contributed by atoms with E-state index < -0.39 is 5.41 Å². The third-order valence-corrected chi connectivity index (χ3v) is 14.9. The molecule has 3 aliphatic rings. The van der Waals surface area contributed by atoms with E-state index in [-0.39, 0.29) is 11.3 Å². The highest BCUT2D eigenvalue weighted by atomic mass is 15.1. The van der Waals surface area contributed by atoms with Crippen molar-refractivity contribution in [2.75, 3.05) is 4.90 Å². The van der Waals surface area contributed by atoms with Crippen molar-refractivity contribution in [2.24, 2.45) is 5.92 Å². The fraction of sp³-hybridized carbons (Fsp3) is 0.108. The van der Waals surface area contributed by atoms with Gasteiger partial charge in [0, 0.05) is 22.6 Å². The second-order valence-electron chi connectivity index (χ2n) is 18.8. The molecule has 0 spiro atoms. The second kappa shape index (κ2) is 15.8. The minimum Gasteiger partial charge on any atom is -0.310 e. The molecule has 0 N–H and O–H groups in total. The van der Waals surface area contributed by atoms with Crippen LogP contribution in [0, 0.1) is 5.92 Å². The summed E-state index contributed by atoms with van der Waals surface area (Å²) < 4.78 is 0. The molecule has 3 aliphatic carbocycles. The maximum atomic E-state index is 2.59. The van der Waals surface area contributed by atoms with Gasteiger partial charge in [0.15, 0.2) is 0 Å². The molecule has 0 radical (unpaired) electrons. The zero-order valence-corrected chi connectivity index (χ0v) is 37.7. The Morgan fingerprint density at radius 1 is 0.394 bits per heavy atom. The van der Waals surface area contributed by atoms with E-state index in [0.29, 0.717) is 5.92 Å². The van der Waals surface area contributed by atoms with Crippen molar-refractivity contribution < 1.29 is 0 Å². The minimum atomic E-state index is -0.545. The SMILES string of the molecule is CC1C=CC=CC1c1cc(-c2ccccc2)ccc1N(c1ccc2c(c1)C(c1ccccc1)(c1ccccc1)c1ccccc1-2)c1ccccc1-c1cccc2c1-c1ccccc1C2(C)C. The molecule has 0 aromatic heterocycles. The predicted molar refractivity (Wildman–Crippen MR) is 277 cm³/mol. The lowest BCUT2D eigenvalue weighted by Gasteiger charge is -2.36. The lowest BCUT2D eigenvalue weighted by Crippen LogP contribution is -2.28. The van der Waals surface area contributed by atoms with Gasteiger partial charge in [-0.3, -0.25) is 0 Å². The van der Waals surface area contributed by atoms with Crippen LogP contribution in [0.1, 0.15) is 65.6 Å². The lowest BCUT2D eigenvalue weighted by atomic mass is 9.67. The highest BCUT2D eigenvalue weighted by Gasteiger charge is 2.46. The van der Waals surface area contributed by atoms with Crippen LogP contribution in [0.15, 0.2) is 243 Å². The molecule has 0 bridgehead atoms. The Bertz CT molecular complexity index is 3310. The van der Waals surface area contributed by atoms with E-state index in [1.807, 2.05) is 0 Å². The molecule has 9 aromatic rings. The van der Waals surface area contributed by atoms with E-state index in [9.17, 15) is 0 Å².